The van der Waals surface area contributed by atoms with Gasteiger partial charge in [0.1, 0.15) is 0 Å². The summed E-state index contributed by atoms with van der Waals surface area (Å²) in [5, 5.41) is 10.7. The Hall–Kier alpha value is -1.82. The van der Waals surface area contributed by atoms with E-state index in [1.165, 1.54) is 17.4 Å². The molecule has 1 heterocycles. The number of aryl methyl sites for hydroxylation is 1. The molecule has 0 fully saturated rings. The van der Waals surface area contributed by atoms with Crippen molar-refractivity contribution in [2.45, 2.75) is 13.1 Å². The van der Waals surface area contributed by atoms with Crippen LogP contribution < -0.4 is 0 Å². The van der Waals surface area contributed by atoms with Crippen LogP contribution in [0.25, 0.3) is 11.1 Å². The van der Waals surface area contributed by atoms with E-state index in [-0.39, 0.29) is 11.1 Å². The Bertz CT molecular complexity index is 629. The van der Waals surface area contributed by atoms with Gasteiger partial charge in [0, 0.05) is 4.88 Å². The van der Waals surface area contributed by atoms with Gasteiger partial charge in [0.15, 0.2) is 0 Å². The van der Waals surface area contributed by atoms with Crippen LogP contribution in [0.5, 0.6) is 0 Å². The first-order valence-corrected chi connectivity index (χ1v) is 6.17. The highest BCUT2D eigenvalue weighted by Crippen LogP contribution is 2.35. The molecule has 0 amide bonds. The topological polar surface area (TPSA) is 37.3 Å². The third kappa shape index (κ3) is 2.78. The molecule has 0 spiro atoms. The molecule has 1 N–H and O–H groups in total. The van der Waals surface area contributed by atoms with Gasteiger partial charge in [-0.25, -0.2) is 4.79 Å². The van der Waals surface area contributed by atoms with E-state index in [2.05, 4.69) is 0 Å². The summed E-state index contributed by atoms with van der Waals surface area (Å²) < 4.78 is 38.3. The molecule has 100 valence electrons. The monoisotopic (exact) mass is 286 g/mol. The van der Waals surface area contributed by atoms with E-state index < -0.39 is 17.7 Å². The van der Waals surface area contributed by atoms with Gasteiger partial charge in [-0.15, -0.1) is 11.3 Å². The molecule has 2 rings (SSSR count). The van der Waals surface area contributed by atoms with Gasteiger partial charge in [0.05, 0.1) is 11.1 Å². The van der Waals surface area contributed by atoms with Crippen LogP contribution in [-0.4, -0.2) is 11.1 Å². The van der Waals surface area contributed by atoms with Gasteiger partial charge in [-0.2, -0.15) is 13.2 Å². The van der Waals surface area contributed by atoms with Crippen LogP contribution in [0.15, 0.2) is 29.6 Å². The number of hydrogen-bond donors (Lipinski definition) is 1. The lowest BCUT2D eigenvalue weighted by Crippen LogP contribution is -2.08. The molecule has 2 aromatic rings. The predicted molar refractivity (Wildman–Crippen MR) is 66.5 cm³/mol. The van der Waals surface area contributed by atoms with Gasteiger partial charge in [-0.1, -0.05) is 0 Å². The third-order valence-corrected chi connectivity index (χ3v) is 3.52. The third-order valence-electron chi connectivity index (χ3n) is 2.68. The Morgan fingerprint density at radius 1 is 1.26 bits per heavy atom. The Morgan fingerprint density at radius 3 is 2.42 bits per heavy atom. The summed E-state index contributed by atoms with van der Waals surface area (Å²) in [4.78, 5) is 11.8. The van der Waals surface area contributed by atoms with Crippen molar-refractivity contribution in [2.75, 3.05) is 0 Å². The highest BCUT2D eigenvalue weighted by Gasteiger charge is 2.32. The average molecular weight is 286 g/mol. The molecule has 2 nitrogen and oxygen atoms in total. The number of carboxylic acids is 1. The zero-order valence-corrected chi connectivity index (χ0v) is 10.6. The van der Waals surface area contributed by atoms with Gasteiger partial charge in [-0.05, 0) is 47.7 Å². The first kappa shape index (κ1) is 13.6. The Kier molecular flexibility index (Phi) is 3.36. The standard InChI is InChI=1S/C13H9F3O2S/c1-7-11(2-3-19-7)8-4-9(12(17)18)6-10(5-8)13(14,15)16/h2-6H,1H3,(H,17,18). The van der Waals surface area contributed by atoms with E-state index in [1.54, 1.807) is 18.4 Å². The van der Waals surface area contributed by atoms with E-state index in [4.69, 9.17) is 5.11 Å². The van der Waals surface area contributed by atoms with Crippen LogP contribution in [0.4, 0.5) is 13.2 Å². The second-order valence-electron chi connectivity index (χ2n) is 3.99. The SMILES string of the molecule is Cc1sccc1-c1cc(C(=O)O)cc(C(F)(F)F)c1. The fourth-order valence-electron chi connectivity index (χ4n) is 1.75. The van der Waals surface area contributed by atoms with E-state index in [0.717, 1.165) is 10.9 Å². The van der Waals surface area contributed by atoms with Gasteiger partial charge < -0.3 is 5.11 Å². The second kappa shape index (κ2) is 4.70. The highest BCUT2D eigenvalue weighted by atomic mass is 32.1. The molecule has 0 saturated carbocycles. The molecular formula is C13H9F3O2S. The van der Waals surface area contributed by atoms with Crippen molar-refractivity contribution in [1.29, 1.82) is 0 Å². The molecule has 6 heteroatoms. The van der Waals surface area contributed by atoms with Crippen molar-refractivity contribution in [3.8, 4) is 11.1 Å². The number of alkyl halides is 3. The molecule has 0 aliphatic rings. The fraction of sp³-hybridized carbons (Fsp3) is 0.154. The summed E-state index contributed by atoms with van der Waals surface area (Å²) in [6.45, 7) is 1.78. The smallest absolute Gasteiger partial charge is 0.416 e. The number of aromatic carboxylic acids is 1. The summed E-state index contributed by atoms with van der Waals surface area (Å²) in [6, 6.07) is 4.56. The largest absolute Gasteiger partial charge is 0.478 e. The van der Waals surface area contributed by atoms with E-state index in [9.17, 15) is 18.0 Å². The number of halogens is 3. The van der Waals surface area contributed by atoms with Gasteiger partial charge in [-0.3, -0.25) is 0 Å². The summed E-state index contributed by atoms with van der Waals surface area (Å²) in [5.41, 5.74) is -0.423. The quantitative estimate of drug-likeness (QED) is 0.886. The van der Waals surface area contributed by atoms with Crippen LogP contribution in [0.3, 0.4) is 0 Å². The molecule has 1 aromatic heterocycles. The number of hydrogen-bond acceptors (Lipinski definition) is 2. The summed E-state index contributed by atoms with van der Waals surface area (Å²) >= 11 is 1.40. The maximum atomic E-state index is 12.8. The molecule has 0 aliphatic heterocycles. The van der Waals surface area contributed by atoms with E-state index >= 15 is 0 Å². The number of thiophene rings is 1. The van der Waals surface area contributed by atoms with Crippen molar-refractivity contribution in [3.63, 3.8) is 0 Å². The molecule has 0 atom stereocenters. The number of rotatable bonds is 2. The lowest BCUT2D eigenvalue weighted by atomic mass is 10.00. The molecule has 0 aliphatic carbocycles. The maximum Gasteiger partial charge on any atom is 0.416 e. The highest BCUT2D eigenvalue weighted by molar-refractivity contribution is 7.10. The number of carbonyl (C=O) groups is 1. The van der Waals surface area contributed by atoms with Gasteiger partial charge >= 0.3 is 12.1 Å². The first-order chi connectivity index (χ1) is 8.79. The Labute approximate surface area is 111 Å². The molecular weight excluding hydrogens is 277 g/mol. The Balaban J connectivity index is 2.65. The first-order valence-electron chi connectivity index (χ1n) is 5.29. The molecule has 0 unspecified atom stereocenters. The average Bonchev–Trinajstić information content (AvgIpc) is 2.73. The van der Waals surface area contributed by atoms with E-state index in [1.807, 2.05) is 0 Å². The summed E-state index contributed by atoms with van der Waals surface area (Å²) in [6.07, 6.45) is -4.57. The van der Waals surface area contributed by atoms with Crippen molar-refractivity contribution in [2.24, 2.45) is 0 Å². The van der Waals surface area contributed by atoms with E-state index in [0.29, 0.717) is 11.6 Å². The lowest BCUT2D eigenvalue weighted by molar-refractivity contribution is -0.137. The maximum absolute atomic E-state index is 12.8. The van der Waals surface area contributed by atoms with Crippen LogP contribution in [0.2, 0.25) is 0 Å². The van der Waals surface area contributed by atoms with Gasteiger partial charge in [0.2, 0.25) is 0 Å². The van der Waals surface area contributed by atoms with Crippen molar-refractivity contribution in [3.05, 3.63) is 45.6 Å². The minimum Gasteiger partial charge on any atom is -0.478 e. The molecule has 0 bridgehead atoms. The van der Waals surface area contributed by atoms with Crippen molar-refractivity contribution >= 4 is 17.3 Å². The normalized spacial score (nSPS) is 11.6. The minimum absolute atomic E-state index is 0.269. The zero-order valence-electron chi connectivity index (χ0n) is 9.78. The fourth-order valence-corrected chi connectivity index (χ4v) is 2.48. The van der Waals surface area contributed by atoms with Crippen LogP contribution in [0, 0.1) is 6.92 Å². The Morgan fingerprint density at radius 2 is 1.95 bits per heavy atom. The molecule has 1 aromatic carbocycles. The zero-order chi connectivity index (χ0) is 14.2. The van der Waals surface area contributed by atoms with Crippen LogP contribution in [0.1, 0.15) is 20.8 Å². The van der Waals surface area contributed by atoms with Crippen molar-refractivity contribution in [1.82, 2.24) is 0 Å². The molecule has 19 heavy (non-hydrogen) atoms. The number of benzene rings is 1. The summed E-state index contributed by atoms with van der Waals surface area (Å²) in [5.74, 6) is -1.37. The predicted octanol–water partition coefficient (Wildman–Crippen LogP) is 4.44. The second-order valence-corrected chi connectivity index (χ2v) is 5.11. The summed E-state index contributed by atoms with van der Waals surface area (Å²) in [7, 11) is 0. The van der Waals surface area contributed by atoms with Gasteiger partial charge in [0.25, 0.3) is 0 Å². The van der Waals surface area contributed by atoms with Crippen LogP contribution >= 0.6 is 11.3 Å². The molecule has 0 radical (unpaired) electrons. The molecule has 0 saturated heterocycles. The lowest BCUT2D eigenvalue weighted by Gasteiger charge is -2.10. The van der Waals surface area contributed by atoms with Crippen LogP contribution in [-0.2, 0) is 6.18 Å². The van der Waals surface area contributed by atoms with Crippen molar-refractivity contribution < 1.29 is 23.1 Å². The minimum atomic E-state index is -4.57. The number of carboxylic acid groups (broad SMARTS) is 1.